The number of methoxy groups -OCH3 is 1. The van der Waals surface area contributed by atoms with Gasteiger partial charge in [-0.25, -0.2) is 0 Å². The number of hydrogen-bond donors (Lipinski definition) is 1. The van der Waals surface area contributed by atoms with Gasteiger partial charge in [0.2, 0.25) is 5.91 Å². The van der Waals surface area contributed by atoms with Crippen LogP contribution in [0.1, 0.15) is 20.8 Å². The van der Waals surface area contributed by atoms with Crippen molar-refractivity contribution in [1.82, 2.24) is 15.1 Å². The van der Waals surface area contributed by atoms with E-state index in [4.69, 9.17) is 9.47 Å². The third-order valence-electron chi connectivity index (χ3n) is 4.50. The van der Waals surface area contributed by atoms with Crippen molar-refractivity contribution in [3.8, 4) is 11.5 Å². The largest absolute Gasteiger partial charge is 0.497 e. The van der Waals surface area contributed by atoms with Crippen molar-refractivity contribution < 1.29 is 14.3 Å². The molecule has 6 nitrogen and oxygen atoms in total. The minimum Gasteiger partial charge on any atom is -0.497 e. The molecule has 6 heteroatoms. The van der Waals surface area contributed by atoms with E-state index >= 15 is 0 Å². The summed E-state index contributed by atoms with van der Waals surface area (Å²) in [6.07, 6.45) is 0. The Labute approximate surface area is 151 Å². The van der Waals surface area contributed by atoms with Crippen LogP contribution >= 0.6 is 0 Å². The van der Waals surface area contributed by atoms with Crippen LogP contribution in [0.3, 0.4) is 0 Å². The lowest BCUT2D eigenvalue weighted by molar-refractivity contribution is -0.127. The van der Waals surface area contributed by atoms with Crippen LogP contribution in [0.5, 0.6) is 11.5 Å². The van der Waals surface area contributed by atoms with Gasteiger partial charge in [-0.2, -0.15) is 0 Å². The molecule has 25 heavy (non-hydrogen) atoms. The van der Waals surface area contributed by atoms with Gasteiger partial charge in [-0.1, -0.05) is 0 Å². The summed E-state index contributed by atoms with van der Waals surface area (Å²) in [5, 5.41) is 2.99. The highest BCUT2D eigenvalue weighted by Gasteiger charge is 2.25. The van der Waals surface area contributed by atoms with Crippen LogP contribution in [0, 0.1) is 0 Å². The van der Waals surface area contributed by atoms with E-state index < -0.39 is 0 Å². The highest BCUT2D eigenvalue weighted by Crippen LogP contribution is 2.17. The van der Waals surface area contributed by atoms with Crippen molar-refractivity contribution in [2.45, 2.75) is 32.9 Å². The smallest absolute Gasteiger partial charge is 0.237 e. The minimum absolute atomic E-state index is 0.0694. The number of nitrogens with one attached hydrogen (secondary N) is 1. The van der Waals surface area contributed by atoms with Crippen LogP contribution < -0.4 is 14.8 Å². The molecule has 1 heterocycles. The van der Waals surface area contributed by atoms with Gasteiger partial charge in [0.05, 0.1) is 13.2 Å². The molecule has 1 saturated heterocycles. The normalized spacial score (nSPS) is 17.3. The van der Waals surface area contributed by atoms with E-state index in [2.05, 4.69) is 15.1 Å². The Balaban J connectivity index is 1.67. The van der Waals surface area contributed by atoms with E-state index in [1.807, 2.05) is 45.0 Å². The summed E-state index contributed by atoms with van der Waals surface area (Å²) in [7, 11) is 1.66. The van der Waals surface area contributed by atoms with Gasteiger partial charge in [-0.15, -0.1) is 0 Å². The van der Waals surface area contributed by atoms with E-state index in [0.29, 0.717) is 6.61 Å². The Hall–Kier alpha value is -1.79. The zero-order valence-corrected chi connectivity index (χ0v) is 15.8. The maximum atomic E-state index is 12.1. The Kier molecular flexibility index (Phi) is 7.52. The summed E-state index contributed by atoms with van der Waals surface area (Å²) in [4.78, 5) is 16.7. The number of rotatable bonds is 8. The Morgan fingerprint density at radius 2 is 1.68 bits per heavy atom. The fourth-order valence-electron chi connectivity index (χ4n) is 2.91. The Morgan fingerprint density at radius 1 is 1.08 bits per heavy atom. The summed E-state index contributed by atoms with van der Waals surface area (Å²) in [5.41, 5.74) is 0. The van der Waals surface area contributed by atoms with E-state index in [9.17, 15) is 4.79 Å². The summed E-state index contributed by atoms with van der Waals surface area (Å²) in [6.45, 7) is 11.3. The fraction of sp³-hybridized carbons (Fsp3) is 0.632. The van der Waals surface area contributed by atoms with Gasteiger partial charge < -0.3 is 14.8 Å². The number of nitrogens with zero attached hydrogens (tertiary/aromatic N) is 2. The Morgan fingerprint density at radius 3 is 2.24 bits per heavy atom. The second kappa shape index (κ2) is 9.63. The lowest BCUT2D eigenvalue weighted by atomic mass is 10.2. The first kappa shape index (κ1) is 19.5. The van der Waals surface area contributed by atoms with Crippen LogP contribution in [-0.2, 0) is 4.79 Å². The zero-order chi connectivity index (χ0) is 18.2. The summed E-state index contributed by atoms with van der Waals surface area (Å²) in [5.74, 6) is 1.81. The molecule has 0 unspecified atom stereocenters. The standard InChI is InChI=1S/C19H31N3O3/c1-15(2)20-19(23)16(3)22-11-9-21(10-12-22)13-14-25-18-7-5-17(24-4)6-8-18/h5-8,15-16H,9-14H2,1-4H3,(H,20,23)/t16-/m0/s1. The topological polar surface area (TPSA) is 54.0 Å². The van der Waals surface area contributed by atoms with E-state index in [-0.39, 0.29) is 18.0 Å². The maximum Gasteiger partial charge on any atom is 0.237 e. The number of carbonyl (C=O) groups excluding carboxylic acids is 1. The summed E-state index contributed by atoms with van der Waals surface area (Å²) >= 11 is 0. The molecule has 0 aliphatic carbocycles. The molecular formula is C19H31N3O3. The number of carbonyl (C=O) groups is 1. The number of benzene rings is 1. The molecule has 1 N–H and O–H groups in total. The number of ether oxygens (including phenoxy) is 2. The summed E-state index contributed by atoms with van der Waals surface area (Å²) in [6, 6.07) is 7.76. The van der Waals surface area contributed by atoms with Gasteiger partial charge in [-0.3, -0.25) is 14.6 Å². The number of hydrogen-bond acceptors (Lipinski definition) is 5. The van der Waals surface area contributed by atoms with Crippen LogP contribution in [0.15, 0.2) is 24.3 Å². The van der Waals surface area contributed by atoms with E-state index in [1.165, 1.54) is 0 Å². The lowest BCUT2D eigenvalue weighted by Crippen LogP contribution is -2.54. The molecule has 0 aromatic heterocycles. The van der Waals surface area contributed by atoms with Crippen LogP contribution in [0.25, 0.3) is 0 Å². The third-order valence-corrected chi connectivity index (χ3v) is 4.50. The van der Waals surface area contributed by atoms with Gasteiger partial charge in [0.25, 0.3) is 0 Å². The van der Waals surface area contributed by atoms with Crippen LogP contribution in [0.2, 0.25) is 0 Å². The Bertz CT molecular complexity index is 525. The zero-order valence-electron chi connectivity index (χ0n) is 15.8. The molecule has 0 spiro atoms. The molecule has 0 radical (unpaired) electrons. The SMILES string of the molecule is COc1ccc(OCCN2CCN([C@@H](C)C(=O)NC(C)C)CC2)cc1. The average Bonchev–Trinajstić information content (AvgIpc) is 2.61. The fourth-order valence-corrected chi connectivity index (χ4v) is 2.91. The van der Waals surface area contributed by atoms with Crippen molar-refractivity contribution in [1.29, 1.82) is 0 Å². The number of piperazine rings is 1. The average molecular weight is 349 g/mol. The molecule has 1 aliphatic heterocycles. The first-order valence-electron chi connectivity index (χ1n) is 9.03. The van der Waals surface area contributed by atoms with Crippen LogP contribution in [0.4, 0.5) is 0 Å². The lowest BCUT2D eigenvalue weighted by Gasteiger charge is -2.37. The van der Waals surface area contributed by atoms with Gasteiger partial charge in [0, 0.05) is 38.8 Å². The highest BCUT2D eigenvalue weighted by molar-refractivity contribution is 5.81. The van der Waals surface area contributed by atoms with E-state index in [1.54, 1.807) is 7.11 Å². The number of amides is 1. The minimum atomic E-state index is -0.0694. The van der Waals surface area contributed by atoms with Gasteiger partial charge in [0.1, 0.15) is 18.1 Å². The molecule has 1 aromatic rings. The predicted octanol–water partition coefficient (Wildman–Crippen LogP) is 1.60. The van der Waals surface area contributed by atoms with Crippen molar-refractivity contribution in [2.24, 2.45) is 0 Å². The van der Waals surface area contributed by atoms with Crippen molar-refractivity contribution >= 4 is 5.91 Å². The molecule has 0 bridgehead atoms. The maximum absolute atomic E-state index is 12.1. The quantitative estimate of drug-likeness (QED) is 0.773. The van der Waals surface area contributed by atoms with Gasteiger partial charge in [0.15, 0.2) is 0 Å². The molecule has 1 amide bonds. The first-order chi connectivity index (χ1) is 12.0. The third kappa shape index (κ3) is 6.21. The molecule has 0 saturated carbocycles. The molecule has 1 aliphatic rings. The van der Waals surface area contributed by atoms with E-state index in [0.717, 1.165) is 44.2 Å². The van der Waals surface area contributed by atoms with Gasteiger partial charge >= 0.3 is 0 Å². The van der Waals surface area contributed by atoms with Gasteiger partial charge in [-0.05, 0) is 45.0 Å². The monoisotopic (exact) mass is 349 g/mol. The molecule has 1 atom stereocenters. The van der Waals surface area contributed by atoms with Crippen LogP contribution in [-0.4, -0.2) is 74.2 Å². The molecule has 1 aromatic carbocycles. The highest BCUT2D eigenvalue weighted by atomic mass is 16.5. The second-order valence-corrected chi connectivity index (χ2v) is 6.74. The molecule has 1 fully saturated rings. The van der Waals surface area contributed by atoms with Crippen molar-refractivity contribution in [3.63, 3.8) is 0 Å². The predicted molar refractivity (Wildman–Crippen MR) is 99.2 cm³/mol. The van der Waals surface area contributed by atoms with Crippen molar-refractivity contribution in [3.05, 3.63) is 24.3 Å². The first-order valence-corrected chi connectivity index (χ1v) is 9.03. The molecule has 2 rings (SSSR count). The summed E-state index contributed by atoms with van der Waals surface area (Å²) < 4.78 is 10.9. The molecule has 140 valence electrons. The molecular weight excluding hydrogens is 318 g/mol. The second-order valence-electron chi connectivity index (χ2n) is 6.74. The van der Waals surface area contributed by atoms with Crippen molar-refractivity contribution in [2.75, 3.05) is 46.4 Å².